The van der Waals surface area contributed by atoms with Crippen molar-refractivity contribution in [3.63, 3.8) is 0 Å². The molecule has 0 amide bonds. The minimum atomic E-state index is 1.10. The fourth-order valence-corrected chi connectivity index (χ4v) is 8.78. The fraction of sp³-hybridized carbons (Fsp3) is 0. The molecule has 0 spiro atoms. The first-order valence-corrected chi connectivity index (χ1v) is 19.9. The topological polar surface area (TPSA) is 6.48 Å². The van der Waals surface area contributed by atoms with Gasteiger partial charge in [0, 0.05) is 39.1 Å². The molecule has 10 aromatic rings. The Labute approximate surface area is 339 Å². The van der Waals surface area contributed by atoms with Crippen molar-refractivity contribution in [2.75, 3.05) is 9.80 Å². The molecule has 1 aliphatic heterocycles. The number of benzene rings is 10. The maximum Gasteiger partial charge on any atom is 0.0618 e. The van der Waals surface area contributed by atoms with Crippen molar-refractivity contribution in [1.82, 2.24) is 0 Å². The Morgan fingerprint density at radius 3 is 1.41 bits per heavy atom. The van der Waals surface area contributed by atoms with Crippen LogP contribution in [0.1, 0.15) is 0 Å². The summed E-state index contributed by atoms with van der Waals surface area (Å²) in [6.07, 6.45) is 0. The number of hydrogen-bond acceptors (Lipinski definition) is 2. The van der Waals surface area contributed by atoms with Gasteiger partial charge >= 0.3 is 0 Å². The van der Waals surface area contributed by atoms with Crippen LogP contribution in [0, 0.1) is 0 Å². The standard InChI is InChI=1S/C56H38N2/c1-3-12-39(13-4-1)41-24-31-47(32-25-41)57(48-33-26-42(27-34-48)40-14-5-2-6-15-40)49-35-28-43(29-36-49)46-19-9-20-50(38-46)58-54-23-11-18-45-17-10-22-52(55(45)54)53-37-30-44-16-7-8-21-51(44)56(53)58/h1-38H. The molecule has 58 heavy (non-hydrogen) atoms. The van der Waals surface area contributed by atoms with Crippen LogP contribution in [0.5, 0.6) is 0 Å². The highest BCUT2D eigenvalue weighted by atomic mass is 15.2. The molecule has 2 nitrogen and oxygen atoms in total. The molecule has 1 aliphatic rings. The summed E-state index contributed by atoms with van der Waals surface area (Å²) in [7, 11) is 0. The van der Waals surface area contributed by atoms with Crippen LogP contribution in [-0.4, -0.2) is 0 Å². The van der Waals surface area contributed by atoms with E-state index >= 15 is 0 Å². The molecule has 2 heteroatoms. The second-order valence-corrected chi connectivity index (χ2v) is 15.0. The summed E-state index contributed by atoms with van der Waals surface area (Å²) in [5.74, 6) is 0. The molecule has 0 bridgehead atoms. The van der Waals surface area contributed by atoms with E-state index in [2.05, 4.69) is 240 Å². The number of rotatable bonds is 7. The molecule has 0 fully saturated rings. The van der Waals surface area contributed by atoms with Crippen molar-refractivity contribution >= 4 is 55.7 Å². The maximum atomic E-state index is 2.48. The maximum absolute atomic E-state index is 2.48. The zero-order valence-corrected chi connectivity index (χ0v) is 31.8. The van der Waals surface area contributed by atoms with Crippen molar-refractivity contribution in [2.45, 2.75) is 0 Å². The molecule has 10 aromatic carbocycles. The van der Waals surface area contributed by atoms with E-state index in [0.717, 1.165) is 28.3 Å². The van der Waals surface area contributed by atoms with E-state index < -0.39 is 0 Å². The summed E-state index contributed by atoms with van der Waals surface area (Å²) in [5.41, 5.74) is 16.6. The molecule has 1 heterocycles. The van der Waals surface area contributed by atoms with Crippen molar-refractivity contribution in [3.05, 3.63) is 231 Å². The van der Waals surface area contributed by atoms with Gasteiger partial charge in [0.05, 0.1) is 11.4 Å². The Hall–Kier alpha value is -7.68. The summed E-state index contributed by atoms with van der Waals surface area (Å²) in [6.45, 7) is 0. The van der Waals surface area contributed by atoms with Crippen LogP contribution in [0.4, 0.5) is 34.1 Å². The molecule has 0 N–H and O–H groups in total. The van der Waals surface area contributed by atoms with E-state index in [1.165, 1.54) is 71.9 Å². The molecule has 0 atom stereocenters. The first-order chi connectivity index (χ1) is 28.8. The van der Waals surface area contributed by atoms with Gasteiger partial charge in [0.2, 0.25) is 0 Å². The van der Waals surface area contributed by atoms with E-state index in [9.17, 15) is 0 Å². The van der Waals surface area contributed by atoms with Crippen molar-refractivity contribution in [1.29, 1.82) is 0 Å². The number of hydrogen-bond donors (Lipinski definition) is 0. The third-order valence-corrected chi connectivity index (χ3v) is 11.6. The summed E-state index contributed by atoms with van der Waals surface area (Å²) in [4.78, 5) is 4.82. The highest BCUT2D eigenvalue weighted by Gasteiger charge is 2.28. The summed E-state index contributed by atoms with van der Waals surface area (Å²) >= 11 is 0. The van der Waals surface area contributed by atoms with E-state index in [-0.39, 0.29) is 0 Å². The molecule has 0 unspecified atom stereocenters. The molecule has 272 valence electrons. The predicted molar refractivity (Wildman–Crippen MR) is 246 cm³/mol. The number of fused-ring (bicyclic) bond motifs is 4. The van der Waals surface area contributed by atoms with Gasteiger partial charge in [-0.25, -0.2) is 0 Å². The molecule has 0 radical (unpaired) electrons. The molecule has 0 saturated carbocycles. The van der Waals surface area contributed by atoms with Gasteiger partial charge in [0.15, 0.2) is 0 Å². The monoisotopic (exact) mass is 738 g/mol. The second kappa shape index (κ2) is 14.1. The van der Waals surface area contributed by atoms with E-state index in [1.54, 1.807) is 0 Å². The minimum absolute atomic E-state index is 1.10. The predicted octanol–water partition coefficient (Wildman–Crippen LogP) is 15.9. The largest absolute Gasteiger partial charge is 0.311 e. The van der Waals surface area contributed by atoms with Gasteiger partial charge < -0.3 is 9.80 Å². The number of anilines is 6. The molecule has 0 aliphatic carbocycles. The molecule has 0 saturated heterocycles. The van der Waals surface area contributed by atoms with Gasteiger partial charge in [-0.05, 0) is 104 Å². The van der Waals surface area contributed by atoms with Gasteiger partial charge in [-0.2, -0.15) is 0 Å². The lowest BCUT2D eigenvalue weighted by atomic mass is 9.88. The van der Waals surface area contributed by atoms with Crippen molar-refractivity contribution in [3.8, 4) is 44.5 Å². The van der Waals surface area contributed by atoms with Crippen molar-refractivity contribution < 1.29 is 0 Å². The average molecular weight is 739 g/mol. The lowest BCUT2D eigenvalue weighted by molar-refractivity contribution is 1.28. The van der Waals surface area contributed by atoms with Crippen LogP contribution in [0.2, 0.25) is 0 Å². The SMILES string of the molecule is c1ccc(-c2ccc(N(c3ccc(-c4ccccc4)cc3)c3ccc(-c4cccc(N5c6c(ccc7ccccc67)-c6cccc7cccc5c67)c4)cc3)cc2)cc1. The van der Waals surface area contributed by atoms with Crippen LogP contribution in [0.25, 0.3) is 66.1 Å². The number of nitrogens with zero attached hydrogens (tertiary/aromatic N) is 2. The van der Waals surface area contributed by atoms with Crippen LogP contribution in [-0.2, 0) is 0 Å². The van der Waals surface area contributed by atoms with E-state index in [4.69, 9.17) is 0 Å². The molecular formula is C56H38N2. The zero-order valence-electron chi connectivity index (χ0n) is 31.8. The fourth-order valence-electron chi connectivity index (χ4n) is 8.78. The molecular weight excluding hydrogens is 701 g/mol. The first-order valence-electron chi connectivity index (χ1n) is 19.9. The van der Waals surface area contributed by atoms with E-state index in [0.29, 0.717) is 0 Å². The molecule has 0 aromatic heterocycles. The Morgan fingerprint density at radius 1 is 0.310 bits per heavy atom. The third kappa shape index (κ3) is 5.82. The Bertz CT molecular complexity index is 2990. The molecule has 11 rings (SSSR count). The smallest absolute Gasteiger partial charge is 0.0618 e. The van der Waals surface area contributed by atoms with Crippen molar-refractivity contribution in [2.24, 2.45) is 0 Å². The van der Waals surface area contributed by atoms with Crippen LogP contribution in [0.15, 0.2) is 231 Å². The normalized spacial score (nSPS) is 11.8. The van der Waals surface area contributed by atoms with Crippen LogP contribution >= 0.6 is 0 Å². The summed E-state index contributed by atoms with van der Waals surface area (Å²) in [5, 5.41) is 5.02. The summed E-state index contributed by atoms with van der Waals surface area (Å²) < 4.78 is 0. The lowest BCUT2D eigenvalue weighted by Gasteiger charge is -2.34. The quantitative estimate of drug-likeness (QED) is 0.161. The third-order valence-electron chi connectivity index (χ3n) is 11.6. The Morgan fingerprint density at radius 2 is 0.793 bits per heavy atom. The van der Waals surface area contributed by atoms with E-state index in [1.807, 2.05) is 0 Å². The van der Waals surface area contributed by atoms with Gasteiger partial charge in [0.1, 0.15) is 0 Å². The van der Waals surface area contributed by atoms with Gasteiger partial charge in [-0.15, -0.1) is 0 Å². The highest BCUT2D eigenvalue weighted by Crippen LogP contribution is 2.53. The Balaban J connectivity index is 0.990. The minimum Gasteiger partial charge on any atom is -0.311 e. The Kier molecular flexibility index (Phi) is 8.19. The van der Waals surface area contributed by atoms with Gasteiger partial charge in [-0.1, -0.05) is 176 Å². The van der Waals surface area contributed by atoms with Crippen LogP contribution in [0.3, 0.4) is 0 Å². The van der Waals surface area contributed by atoms with Gasteiger partial charge in [-0.3, -0.25) is 0 Å². The zero-order chi connectivity index (χ0) is 38.4. The average Bonchev–Trinajstić information content (AvgIpc) is 3.30. The lowest BCUT2D eigenvalue weighted by Crippen LogP contribution is -2.15. The highest BCUT2D eigenvalue weighted by molar-refractivity contribution is 6.18. The summed E-state index contributed by atoms with van der Waals surface area (Å²) in [6, 6.07) is 83.6. The first kappa shape index (κ1) is 33.6. The van der Waals surface area contributed by atoms with Crippen LogP contribution < -0.4 is 9.80 Å². The second-order valence-electron chi connectivity index (χ2n) is 15.0. The van der Waals surface area contributed by atoms with Gasteiger partial charge in [0.25, 0.3) is 0 Å².